The van der Waals surface area contributed by atoms with Gasteiger partial charge < -0.3 is 10.4 Å². The Balaban J connectivity index is 2.17. The minimum Gasteiger partial charge on any atom is -0.478 e. The van der Waals surface area contributed by atoms with Crippen molar-refractivity contribution in [1.82, 2.24) is 0 Å². The molecule has 0 fully saturated rings. The van der Waals surface area contributed by atoms with Crippen LogP contribution in [0.4, 0.5) is 10.1 Å². The van der Waals surface area contributed by atoms with E-state index in [1.165, 1.54) is 18.2 Å². The molecule has 19 heavy (non-hydrogen) atoms. The van der Waals surface area contributed by atoms with Gasteiger partial charge in [-0.3, -0.25) is 0 Å². The predicted octanol–water partition coefficient (Wildman–Crippen LogP) is 3.90. The molecule has 2 aromatic rings. The maximum absolute atomic E-state index is 13.0. The van der Waals surface area contributed by atoms with Crippen molar-refractivity contribution in [2.45, 2.75) is 6.54 Å². The summed E-state index contributed by atoms with van der Waals surface area (Å²) < 4.78 is 13.7. The Morgan fingerprint density at radius 3 is 2.74 bits per heavy atom. The number of anilines is 1. The average Bonchev–Trinajstić information content (AvgIpc) is 2.37. The quantitative estimate of drug-likeness (QED) is 0.897. The molecule has 0 saturated heterocycles. The second-order valence-electron chi connectivity index (χ2n) is 3.98. The fraction of sp³-hybridized carbons (Fsp3) is 0.0714. The maximum atomic E-state index is 13.0. The Hall–Kier alpha value is -1.88. The second kappa shape index (κ2) is 5.84. The highest BCUT2D eigenvalue weighted by Gasteiger charge is 2.10. The molecule has 0 radical (unpaired) electrons. The van der Waals surface area contributed by atoms with Crippen LogP contribution in [0.15, 0.2) is 46.9 Å². The molecule has 3 nitrogen and oxygen atoms in total. The minimum absolute atomic E-state index is 0.172. The molecule has 0 unspecified atom stereocenters. The van der Waals surface area contributed by atoms with Crippen LogP contribution in [-0.4, -0.2) is 11.1 Å². The van der Waals surface area contributed by atoms with Gasteiger partial charge in [0.2, 0.25) is 0 Å². The van der Waals surface area contributed by atoms with Crippen LogP contribution < -0.4 is 5.32 Å². The maximum Gasteiger partial charge on any atom is 0.337 e. The average molecular weight is 324 g/mol. The van der Waals surface area contributed by atoms with Crippen molar-refractivity contribution in [3.8, 4) is 0 Å². The van der Waals surface area contributed by atoms with Crippen LogP contribution in [0.2, 0.25) is 0 Å². The van der Waals surface area contributed by atoms with Gasteiger partial charge in [-0.1, -0.05) is 28.1 Å². The van der Waals surface area contributed by atoms with Crippen molar-refractivity contribution in [1.29, 1.82) is 0 Å². The van der Waals surface area contributed by atoms with Crippen molar-refractivity contribution >= 4 is 27.6 Å². The van der Waals surface area contributed by atoms with Gasteiger partial charge >= 0.3 is 5.97 Å². The normalized spacial score (nSPS) is 10.2. The summed E-state index contributed by atoms with van der Waals surface area (Å²) in [5.41, 5.74) is 1.42. The number of hydrogen-bond acceptors (Lipinski definition) is 2. The molecule has 2 rings (SSSR count). The Morgan fingerprint density at radius 1 is 1.26 bits per heavy atom. The lowest BCUT2D eigenvalue weighted by Crippen LogP contribution is -2.06. The molecule has 98 valence electrons. The highest BCUT2D eigenvalue weighted by atomic mass is 79.9. The molecular formula is C14H11BrFNO2. The van der Waals surface area contributed by atoms with Gasteiger partial charge in [-0.25, -0.2) is 9.18 Å². The topological polar surface area (TPSA) is 49.3 Å². The molecule has 0 saturated carbocycles. The number of halogens is 2. The molecule has 0 atom stereocenters. The number of rotatable bonds is 4. The van der Waals surface area contributed by atoms with E-state index in [0.29, 0.717) is 16.7 Å². The summed E-state index contributed by atoms with van der Waals surface area (Å²) in [6.45, 7) is 0.361. The minimum atomic E-state index is -1.01. The van der Waals surface area contributed by atoms with Crippen molar-refractivity contribution < 1.29 is 14.3 Å². The summed E-state index contributed by atoms with van der Waals surface area (Å²) in [5.74, 6) is -1.32. The number of benzene rings is 2. The Morgan fingerprint density at radius 2 is 2.05 bits per heavy atom. The van der Waals surface area contributed by atoms with Crippen LogP contribution >= 0.6 is 15.9 Å². The molecule has 2 aromatic carbocycles. The number of carboxylic acids is 1. The van der Waals surface area contributed by atoms with Gasteiger partial charge in [0.15, 0.2) is 0 Å². The van der Waals surface area contributed by atoms with E-state index in [2.05, 4.69) is 21.2 Å². The summed E-state index contributed by atoms with van der Waals surface area (Å²) >= 11 is 3.23. The fourth-order valence-corrected chi connectivity index (χ4v) is 2.05. The summed E-state index contributed by atoms with van der Waals surface area (Å²) in [6.07, 6.45) is 0. The van der Waals surface area contributed by atoms with Crippen molar-refractivity contribution in [3.63, 3.8) is 0 Å². The molecule has 0 heterocycles. The number of nitrogens with one attached hydrogen (secondary N) is 1. The molecular weight excluding hydrogens is 313 g/mol. The summed E-state index contributed by atoms with van der Waals surface area (Å²) in [7, 11) is 0. The molecule has 0 amide bonds. The smallest absolute Gasteiger partial charge is 0.337 e. The third-order valence-electron chi connectivity index (χ3n) is 2.58. The van der Waals surface area contributed by atoms with Crippen LogP contribution in [0.3, 0.4) is 0 Å². The van der Waals surface area contributed by atoms with Crippen LogP contribution in [0.5, 0.6) is 0 Å². The SMILES string of the molecule is O=C(O)c1cc(Br)ccc1NCc1cccc(F)c1. The third kappa shape index (κ3) is 3.54. The first kappa shape index (κ1) is 13.5. The molecule has 0 aromatic heterocycles. The summed E-state index contributed by atoms with van der Waals surface area (Å²) in [6, 6.07) is 11.1. The number of hydrogen-bond donors (Lipinski definition) is 2. The van der Waals surface area contributed by atoms with Gasteiger partial charge in [-0.2, -0.15) is 0 Å². The monoisotopic (exact) mass is 323 g/mol. The van der Waals surface area contributed by atoms with Crippen LogP contribution in [0, 0.1) is 5.82 Å². The van der Waals surface area contributed by atoms with E-state index in [1.54, 1.807) is 24.3 Å². The van der Waals surface area contributed by atoms with E-state index in [9.17, 15) is 9.18 Å². The third-order valence-corrected chi connectivity index (χ3v) is 3.08. The van der Waals surface area contributed by atoms with Gasteiger partial charge in [0, 0.05) is 16.7 Å². The molecule has 5 heteroatoms. The first-order valence-electron chi connectivity index (χ1n) is 5.57. The van der Waals surface area contributed by atoms with Gasteiger partial charge in [0.1, 0.15) is 5.82 Å². The molecule has 0 aliphatic heterocycles. The van der Waals surface area contributed by atoms with Crippen molar-refractivity contribution in [2.75, 3.05) is 5.32 Å². The number of carbonyl (C=O) groups is 1. The molecule has 0 aliphatic carbocycles. The lowest BCUT2D eigenvalue weighted by molar-refractivity contribution is 0.0698. The lowest BCUT2D eigenvalue weighted by atomic mass is 10.1. The van der Waals surface area contributed by atoms with E-state index in [0.717, 1.165) is 5.56 Å². The van der Waals surface area contributed by atoms with Gasteiger partial charge in [-0.15, -0.1) is 0 Å². The van der Waals surface area contributed by atoms with Gasteiger partial charge in [0.05, 0.1) is 5.56 Å². The van der Waals surface area contributed by atoms with E-state index >= 15 is 0 Å². The summed E-state index contributed by atoms with van der Waals surface area (Å²) in [4.78, 5) is 11.1. The summed E-state index contributed by atoms with van der Waals surface area (Å²) in [5, 5.41) is 12.1. The van der Waals surface area contributed by atoms with E-state index in [-0.39, 0.29) is 11.4 Å². The predicted molar refractivity (Wildman–Crippen MR) is 74.8 cm³/mol. The van der Waals surface area contributed by atoms with Crippen molar-refractivity contribution in [2.24, 2.45) is 0 Å². The standard InChI is InChI=1S/C14H11BrFNO2/c15-10-4-5-13(12(7-10)14(18)19)17-8-9-2-1-3-11(16)6-9/h1-7,17H,8H2,(H,18,19). The Labute approximate surface area is 118 Å². The highest BCUT2D eigenvalue weighted by Crippen LogP contribution is 2.21. The van der Waals surface area contributed by atoms with Gasteiger partial charge in [0.25, 0.3) is 0 Å². The highest BCUT2D eigenvalue weighted by molar-refractivity contribution is 9.10. The fourth-order valence-electron chi connectivity index (χ4n) is 1.69. The van der Waals surface area contributed by atoms with Crippen molar-refractivity contribution in [3.05, 3.63) is 63.9 Å². The molecule has 2 N–H and O–H groups in total. The van der Waals surface area contributed by atoms with Crippen LogP contribution in [-0.2, 0) is 6.54 Å². The first-order chi connectivity index (χ1) is 9.06. The number of aromatic carboxylic acids is 1. The second-order valence-corrected chi connectivity index (χ2v) is 4.89. The zero-order chi connectivity index (χ0) is 13.8. The van der Waals surface area contributed by atoms with E-state index < -0.39 is 5.97 Å². The molecule has 0 aliphatic rings. The van der Waals surface area contributed by atoms with Gasteiger partial charge in [-0.05, 0) is 35.9 Å². The lowest BCUT2D eigenvalue weighted by Gasteiger charge is -2.10. The number of carboxylic acid groups (broad SMARTS) is 1. The Bertz CT molecular complexity index is 616. The largest absolute Gasteiger partial charge is 0.478 e. The Kier molecular flexibility index (Phi) is 4.16. The van der Waals surface area contributed by atoms with E-state index in [1.807, 2.05) is 0 Å². The zero-order valence-corrected chi connectivity index (χ0v) is 11.4. The van der Waals surface area contributed by atoms with Crippen LogP contribution in [0.25, 0.3) is 0 Å². The molecule has 0 bridgehead atoms. The molecule has 0 spiro atoms. The first-order valence-corrected chi connectivity index (χ1v) is 6.37. The zero-order valence-electron chi connectivity index (χ0n) is 9.86. The van der Waals surface area contributed by atoms with E-state index in [4.69, 9.17) is 5.11 Å². The van der Waals surface area contributed by atoms with Crippen LogP contribution in [0.1, 0.15) is 15.9 Å².